The highest BCUT2D eigenvalue weighted by molar-refractivity contribution is 8.26. The smallest absolute Gasteiger partial charge is 0.327 e. The number of carbonyl (C=O) groups excluding carboxylic acids is 2. The number of Topliss-reactive ketones (excluding diaryl/α,β-unsaturated/α-hetero) is 1. The van der Waals surface area contributed by atoms with Crippen LogP contribution in [-0.2, 0) is 16.0 Å². The number of amides is 1. The van der Waals surface area contributed by atoms with E-state index in [9.17, 15) is 19.5 Å². The van der Waals surface area contributed by atoms with Gasteiger partial charge < -0.3 is 9.84 Å². The Hall–Kier alpha value is -3.46. The van der Waals surface area contributed by atoms with E-state index in [1.807, 2.05) is 30.3 Å². The van der Waals surface area contributed by atoms with Crippen molar-refractivity contribution in [1.29, 1.82) is 0 Å². The molecule has 4 rings (SSSR count). The van der Waals surface area contributed by atoms with Crippen molar-refractivity contribution in [3.8, 4) is 5.75 Å². The summed E-state index contributed by atoms with van der Waals surface area (Å²) in [6.45, 7) is -0.143. The molecule has 0 aromatic heterocycles. The van der Waals surface area contributed by atoms with Gasteiger partial charge in [0.05, 0.1) is 4.91 Å². The minimum Gasteiger partial charge on any atom is -0.485 e. The van der Waals surface area contributed by atoms with Gasteiger partial charge in [0, 0.05) is 17.0 Å². The lowest BCUT2D eigenvalue weighted by Crippen LogP contribution is -2.45. The van der Waals surface area contributed by atoms with Crippen LogP contribution in [-0.4, -0.2) is 44.6 Å². The van der Waals surface area contributed by atoms with Gasteiger partial charge in [0.15, 0.2) is 12.4 Å². The summed E-state index contributed by atoms with van der Waals surface area (Å²) in [5.74, 6) is -1.27. The van der Waals surface area contributed by atoms with Crippen LogP contribution in [0.15, 0.2) is 83.8 Å². The minimum absolute atomic E-state index is 0.143. The summed E-state index contributed by atoms with van der Waals surface area (Å²) in [4.78, 5) is 38.8. The predicted octanol–water partition coefficient (Wildman–Crippen LogP) is 5.50. The van der Waals surface area contributed by atoms with Gasteiger partial charge in [-0.3, -0.25) is 14.5 Å². The number of aliphatic carboxylic acids is 1. The van der Waals surface area contributed by atoms with Crippen molar-refractivity contribution in [3.05, 3.63) is 105 Å². The fraction of sp³-hybridized carbons (Fsp3) is 0.111. The first-order valence-electron chi connectivity index (χ1n) is 10.9. The number of carbonyl (C=O) groups is 3. The lowest BCUT2D eigenvalue weighted by Gasteiger charge is -2.23. The van der Waals surface area contributed by atoms with Crippen molar-refractivity contribution in [2.75, 3.05) is 6.61 Å². The Morgan fingerprint density at radius 3 is 2.44 bits per heavy atom. The zero-order valence-corrected chi connectivity index (χ0v) is 21.2. The molecular formula is C27H20ClNO5S2. The molecule has 1 heterocycles. The normalized spacial score (nSPS) is 15.2. The summed E-state index contributed by atoms with van der Waals surface area (Å²) in [6.07, 6.45) is 1.80. The van der Waals surface area contributed by atoms with E-state index in [1.165, 1.54) is 4.90 Å². The first-order chi connectivity index (χ1) is 17.3. The third kappa shape index (κ3) is 6.20. The molecule has 182 valence electrons. The van der Waals surface area contributed by atoms with Crippen molar-refractivity contribution in [1.82, 2.24) is 4.90 Å². The minimum atomic E-state index is -1.12. The van der Waals surface area contributed by atoms with Gasteiger partial charge in [-0.2, -0.15) is 0 Å². The van der Waals surface area contributed by atoms with Crippen molar-refractivity contribution < 1.29 is 24.2 Å². The van der Waals surface area contributed by atoms with Gasteiger partial charge in [0.2, 0.25) is 0 Å². The van der Waals surface area contributed by atoms with Crippen LogP contribution in [0, 0.1) is 0 Å². The van der Waals surface area contributed by atoms with Gasteiger partial charge in [0.25, 0.3) is 5.91 Å². The molecule has 0 radical (unpaired) electrons. The zero-order chi connectivity index (χ0) is 25.7. The van der Waals surface area contributed by atoms with Gasteiger partial charge in [-0.25, -0.2) is 4.79 Å². The standard InChI is InChI=1S/C27H20ClNO5S2/c28-20-8-4-7-19(15-20)23(30)16-34-21-11-9-18(10-12-21)14-24-25(31)29(27(35)36-24)22(26(32)33)13-17-5-2-1-3-6-17/h1-12,14-15,22H,13,16H2,(H,32,33)/b24-14-/t22-/m0/s1. The Morgan fingerprint density at radius 2 is 1.78 bits per heavy atom. The lowest BCUT2D eigenvalue weighted by atomic mass is 10.0. The maximum atomic E-state index is 13.1. The van der Waals surface area contributed by atoms with E-state index in [4.69, 9.17) is 28.6 Å². The highest BCUT2D eigenvalue weighted by Crippen LogP contribution is 2.35. The lowest BCUT2D eigenvalue weighted by molar-refractivity contribution is -0.145. The second-order valence-electron chi connectivity index (χ2n) is 7.89. The number of ketones is 1. The van der Waals surface area contributed by atoms with Crippen LogP contribution >= 0.6 is 35.6 Å². The molecule has 0 saturated carbocycles. The van der Waals surface area contributed by atoms with E-state index in [2.05, 4.69) is 0 Å². The number of thioether (sulfide) groups is 1. The van der Waals surface area contributed by atoms with Gasteiger partial charge in [-0.15, -0.1) is 0 Å². The third-order valence-electron chi connectivity index (χ3n) is 5.39. The molecule has 1 atom stereocenters. The Balaban J connectivity index is 1.42. The molecule has 1 aliphatic rings. The number of nitrogens with zero attached hydrogens (tertiary/aromatic N) is 1. The Kier molecular flexibility index (Phi) is 8.20. The van der Waals surface area contributed by atoms with Crippen molar-refractivity contribution in [3.63, 3.8) is 0 Å². The van der Waals surface area contributed by atoms with Crippen LogP contribution in [0.5, 0.6) is 5.75 Å². The maximum Gasteiger partial charge on any atom is 0.327 e. The van der Waals surface area contributed by atoms with Crippen LogP contribution in [0.2, 0.25) is 5.02 Å². The van der Waals surface area contributed by atoms with E-state index < -0.39 is 17.9 Å². The number of thiocarbonyl (C=S) groups is 1. The van der Waals surface area contributed by atoms with Crippen LogP contribution in [0.1, 0.15) is 21.5 Å². The van der Waals surface area contributed by atoms with Crippen molar-refractivity contribution >= 4 is 63.6 Å². The molecule has 1 saturated heterocycles. The molecule has 1 amide bonds. The Bertz CT molecular complexity index is 1340. The molecule has 0 aliphatic carbocycles. The average Bonchev–Trinajstić information content (AvgIpc) is 3.14. The number of hydrogen-bond donors (Lipinski definition) is 1. The van der Waals surface area contributed by atoms with E-state index in [-0.39, 0.29) is 23.1 Å². The van der Waals surface area contributed by atoms with E-state index in [1.54, 1.807) is 54.6 Å². The monoisotopic (exact) mass is 537 g/mol. The Labute approximate surface area is 222 Å². The summed E-state index contributed by atoms with van der Waals surface area (Å²) in [7, 11) is 0. The van der Waals surface area contributed by atoms with Crippen LogP contribution in [0.4, 0.5) is 0 Å². The number of hydrogen-bond acceptors (Lipinski definition) is 6. The Morgan fingerprint density at radius 1 is 1.06 bits per heavy atom. The van der Waals surface area contributed by atoms with Gasteiger partial charge >= 0.3 is 5.97 Å². The molecule has 3 aromatic carbocycles. The summed E-state index contributed by atoms with van der Waals surface area (Å²) in [5, 5.41) is 10.3. The maximum absolute atomic E-state index is 13.1. The molecule has 0 unspecified atom stereocenters. The van der Waals surface area contributed by atoms with Crippen LogP contribution in [0.3, 0.4) is 0 Å². The van der Waals surface area contributed by atoms with Crippen molar-refractivity contribution in [2.45, 2.75) is 12.5 Å². The van der Waals surface area contributed by atoms with E-state index in [0.717, 1.165) is 17.3 Å². The fourth-order valence-corrected chi connectivity index (χ4v) is 5.13. The number of ether oxygens (including phenoxy) is 1. The second-order valence-corrected chi connectivity index (χ2v) is 10.00. The zero-order valence-electron chi connectivity index (χ0n) is 18.8. The molecule has 1 aliphatic heterocycles. The summed E-state index contributed by atoms with van der Waals surface area (Å²) < 4.78 is 5.78. The van der Waals surface area contributed by atoms with Crippen LogP contribution in [0.25, 0.3) is 6.08 Å². The topological polar surface area (TPSA) is 83.9 Å². The number of carboxylic acids is 1. The third-order valence-corrected chi connectivity index (χ3v) is 6.95. The number of benzene rings is 3. The van der Waals surface area contributed by atoms with Gasteiger partial charge in [-0.05, 0) is 41.5 Å². The first kappa shape index (κ1) is 25.6. The van der Waals surface area contributed by atoms with Crippen LogP contribution < -0.4 is 4.74 Å². The quantitative estimate of drug-likeness (QED) is 0.219. The molecule has 1 N–H and O–H groups in total. The summed E-state index contributed by atoms with van der Waals surface area (Å²) in [5.41, 5.74) is 1.97. The molecule has 9 heteroatoms. The molecule has 0 spiro atoms. The van der Waals surface area contributed by atoms with Gasteiger partial charge in [-0.1, -0.05) is 90.2 Å². The SMILES string of the molecule is O=C(COc1ccc(/C=C2\SC(=S)N([C@@H](Cc3ccccc3)C(=O)O)C2=O)cc1)c1cccc(Cl)c1. The molecule has 6 nitrogen and oxygen atoms in total. The van der Waals surface area contributed by atoms with Gasteiger partial charge in [0.1, 0.15) is 16.1 Å². The molecule has 36 heavy (non-hydrogen) atoms. The largest absolute Gasteiger partial charge is 0.485 e. The number of carboxylic acid groups (broad SMARTS) is 1. The predicted molar refractivity (Wildman–Crippen MR) is 144 cm³/mol. The van der Waals surface area contributed by atoms with Crippen molar-refractivity contribution in [2.24, 2.45) is 0 Å². The highest BCUT2D eigenvalue weighted by Gasteiger charge is 2.40. The first-order valence-corrected chi connectivity index (χ1v) is 12.5. The van der Waals surface area contributed by atoms with E-state index >= 15 is 0 Å². The molecule has 1 fully saturated rings. The summed E-state index contributed by atoms with van der Waals surface area (Å²) >= 11 is 12.3. The summed E-state index contributed by atoms with van der Waals surface area (Å²) in [6, 6.07) is 21.5. The number of rotatable bonds is 9. The molecule has 3 aromatic rings. The fourth-order valence-electron chi connectivity index (χ4n) is 3.58. The second kappa shape index (κ2) is 11.5. The molecular weight excluding hydrogens is 518 g/mol. The highest BCUT2D eigenvalue weighted by atomic mass is 35.5. The average molecular weight is 538 g/mol. The van der Waals surface area contributed by atoms with E-state index in [0.29, 0.717) is 26.8 Å². The molecule has 0 bridgehead atoms. The number of halogens is 1.